The Balaban J connectivity index is 2.70. The van der Waals surface area contributed by atoms with Crippen LogP contribution in [0, 0.1) is 16.0 Å². The maximum absolute atomic E-state index is 12.9. The highest BCUT2D eigenvalue weighted by atomic mass is 35.5. The third kappa shape index (κ3) is 4.76. The number of benzene rings is 1. The zero-order valence-corrected chi connectivity index (χ0v) is 17.6. The summed E-state index contributed by atoms with van der Waals surface area (Å²) in [5.74, 6) is -3.43. The van der Waals surface area contributed by atoms with Crippen molar-refractivity contribution in [2.45, 2.75) is 30.6 Å². The molecular weight excluding hydrogens is 422 g/mol. The number of hydrogen-bond acceptors (Lipinski definition) is 8. The van der Waals surface area contributed by atoms with Gasteiger partial charge in [-0.2, -0.15) is 0 Å². The summed E-state index contributed by atoms with van der Waals surface area (Å²) in [5, 5.41) is 11.8. The number of unbranched alkanes of at least 4 members (excludes halogenated alkanes) is 1. The van der Waals surface area contributed by atoms with E-state index in [4.69, 9.17) is 22.1 Å². The Morgan fingerprint density at radius 2 is 2.00 bits per heavy atom. The Hall–Kier alpha value is -2.46. The minimum absolute atomic E-state index is 0.00648. The first-order chi connectivity index (χ1) is 13.7. The van der Waals surface area contributed by atoms with Crippen LogP contribution in [0.5, 0.6) is 0 Å². The molecular formula is C18H22ClN3O6S. The fraction of sp³-hybridized carbons (Fsp3) is 0.444. The van der Waals surface area contributed by atoms with Gasteiger partial charge in [0.05, 0.1) is 28.6 Å². The van der Waals surface area contributed by atoms with E-state index in [1.54, 1.807) is 6.07 Å². The van der Waals surface area contributed by atoms with Crippen LogP contribution in [0.1, 0.15) is 31.2 Å². The second kappa shape index (κ2) is 9.36. The number of methoxy groups -OCH3 is 1. The molecule has 0 spiro atoms. The number of esters is 1. The molecule has 1 aromatic carbocycles. The molecule has 0 fully saturated rings. The third-order valence-electron chi connectivity index (χ3n) is 4.65. The minimum Gasteiger partial charge on any atom is -0.468 e. The molecule has 2 rings (SSSR count). The van der Waals surface area contributed by atoms with Gasteiger partial charge in [-0.15, -0.1) is 11.6 Å². The van der Waals surface area contributed by atoms with Crippen molar-refractivity contribution in [2.75, 3.05) is 18.7 Å². The van der Waals surface area contributed by atoms with Crippen LogP contribution in [0.15, 0.2) is 45.5 Å². The van der Waals surface area contributed by atoms with Crippen molar-refractivity contribution in [2.24, 2.45) is 16.6 Å². The van der Waals surface area contributed by atoms with Gasteiger partial charge in [0.2, 0.25) is 0 Å². The summed E-state index contributed by atoms with van der Waals surface area (Å²) in [5.41, 5.74) is 5.65. The molecule has 29 heavy (non-hydrogen) atoms. The van der Waals surface area contributed by atoms with E-state index in [-0.39, 0.29) is 27.7 Å². The largest absolute Gasteiger partial charge is 0.468 e. The molecule has 2 N–H and O–H groups in total. The smallest absolute Gasteiger partial charge is 0.317 e. The van der Waals surface area contributed by atoms with E-state index < -0.39 is 38.3 Å². The van der Waals surface area contributed by atoms with Crippen LogP contribution in [-0.2, 0) is 19.4 Å². The van der Waals surface area contributed by atoms with E-state index in [1.807, 2.05) is 0 Å². The summed E-state index contributed by atoms with van der Waals surface area (Å²) < 4.78 is 30.7. The van der Waals surface area contributed by atoms with Crippen LogP contribution >= 0.6 is 11.6 Å². The molecule has 0 saturated heterocycles. The average molecular weight is 444 g/mol. The molecule has 0 radical (unpaired) electrons. The monoisotopic (exact) mass is 443 g/mol. The first-order valence-electron chi connectivity index (χ1n) is 8.80. The molecule has 158 valence electrons. The normalized spacial score (nSPS) is 19.6. The minimum atomic E-state index is -3.79. The molecule has 0 bridgehead atoms. The van der Waals surface area contributed by atoms with Gasteiger partial charge in [-0.05, 0) is 31.4 Å². The first kappa shape index (κ1) is 22.8. The van der Waals surface area contributed by atoms with Crippen LogP contribution in [0.25, 0.3) is 0 Å². The van der Waals surface area contributed by atoms with Crippen molar-refractivity contribution in [3.8, 4) is 0 Å². The van der Waals surface area contributed by atoms with Crippen molar-refractivity contribution >= 4 is 33.2 Å². The lowest BCUT2D eigenvalue weighted by molar-refractivity contribution is -0.432. The predicted molar refractivity (Wildman–Crippen MR) is 108 cm³/mol. The van der Waals surface area contributed by atoms with Crippen molar-refractivity contribution < 1.29 is 22.9 Å². The summed E-state index contributed by atoms with van der Waals surface area (Å²) in [6.07, 6.45) is 0.849. The molecule has 1 aromatic rings. The Labute approximate surface area is 173 Å². The van der Waals surface area contributed by atoms with Crippen LogP contribution < -0.4 is 5.73 Å². The van der Waals surface area contributed by atoms with E-state index >= 15 is 0 Å². The van der Waals surface area contributed by atoms with Gasteiger partial charge in [0.25, 0.3) is 5.70 Å². The number of allylic oxidation sites excluding steroid dienone is 2. The molecule has 1 aliphatic rings. The lowest BCUT2D eigenvalue weighted by Crippen LogP contribution is -2.41. The number of nitro groups is 1. The number of ether oxygens (including phenoxy) is 1. The van der Waals surface area contributed by atoms with Gasteiger partial charge in [0, 0.05) is 5.88 Å². The van der Waals surface area contributed by atoms with Crippen molar-refractivity contribution in [1.29, 1.82) is 0 Å². The third-order valence-corrected chi connectivity index (χ3v) is 6.79. The number of hydrogen-bond donors (Lipinski definition) is 1. The first-order valence-corrected chi connectivity index (χ1v) is 11.0. The van der Waals surface area contributed by atoms with E-state index in [2.05, 4.69) is 4.99 Å². The number of sulfone groups is 1. The Morgan fingerprint density at radius 3 is 2.59 bits per heavy atom. The molecule has 11 heteroatoms. The lowest BCUT2D eigenvalue weighted by Gasteiger charge is -2.28. The fourth-order valence-corrected chi connectivity index (χ4v) is 5.18. The summed E-state index contributed by atoms with van der Waals surface area (Å²) in [7, 11) is -2.67. The number of carbonyl (C=O) groups excluding carboxylic acids is 1. The van der Waals surface area contributed by atoms with E-state index in [1.165, 1.54) is 25.1 Å². The van der Waals surface area contributed by atoms with E-state index in [0.717, 1.165) is 7.11 Å². The highest BCUT2D eigenvalue weighted by molar-refractivity contribution is 7.91. The maximum atomic E-state index is 12.9. The summed E-state index contributed by atoms with van der Waals surface area (Å²) >= 11 is 5.63. The maximum Gasteiger partial charge on any atom is 0.317 e. The summed E-state index contributed by atoms with van der Waals surface area (Å²) in [6.45, 7) is 1.39. The van der Waals surface area contributed by atoms with Crippen molar-refractivity contribution in [3.63, 3.8) is 0 Å². The molecule has 2 unspecified atom stereocenters. The quantitative estimate of drug-likeness (QED) is 0.213. The molecule has 2 atom stereocenters. The van der Waals surface area contributed by atoms with Crippen LogP contribution in [0.3, 0.4) is 0 Å². The predicted octanol–water partition coefficient (Wildman–Crippen LogP) is 2.23. The average Bonchev–Trinajstić information content (AvgIpc) is 2.66. The second-order valence-electron chi connectivity index (χ2n) is 6.50. The van der Waals surface area contributed by atoms with Crippen LogP contribution in [-0.4, -0.2) is 43.9 Å². The van der Waals surface area contributed by atoms with E-state index in [9.17, 15) is 23.3 Å². The van der Waals surface area contributed by atoms with Crippen molar-refractivity contribution in [3.05, 3.63) is 51.3 Å². The van der Waals surface area contributed by atoms with Gasteiger partial charge < -0.3 is 10.5 Å². The standard InChI is InChI=1S/C18H22ClN3O6S/c1-11-16(22(24)25)14(15(17(20)21-11)18(23)28-2)12-7-3-4-8-13(12)29(26,27)10-6-5-9-19/h3-4,7-8,14-15H,5-6,9-10H2,1-2H3,(H2,20,21). The Kier molecular flexibility index (Phi) is 7.37. The number of halogens is 1. The topological polar surface area (TPSA) is 142 Å². The Morgan fingerprint density at radius 1 is 1.34 bits per heavy atom. The molecule has 1 heterocycles. The second-order valence-corrected chi connectivity index (χ2v) is 8.95. The fourth-order valence-electron chi connectivity index (χ4n) is 3.35. The van der Waals surface area contributed by atoms with Gasteiger partial charge in [0.1, 0.15) is 17.5 Å². The number of rotatable bonds is 8. The molecule has 1 aliphatic heterocycles. The van der Waals surface area contributed by atoms with Crippen LogP contribution in [0.4, 0.5) is 0 Å². The molecule has 9 nitrogen and oxygen atoms in total. The number of alkyl halides is 1. The van der Waals surface area contributed by atoms with Gasteiger partial charge in [-0.1, -0.05) is 18.2 Å². The lowest BCUT2D eigenvalue weighted by atomic mass is 9.80. The number of amidine groups is 1. The summed E-state index contributed by atoms with van der Waals surface area (Å²) in [6, 6.07) is 5.89. The summed E-state index contributed by atoms with van der Waals surface area (Å²) in [4.78, 5) is 27.4. The van der Waals surface area contributed by atoms with Crippen LogP contribution in [0.2, 0.25) is 0 Å². The SMILES string of the molecule is COC(=O)C1C(N)=NC(C)=C([N+](=O)[O-])C1c1ccccc1S(=O)(=O)CCCCCl. The highest BCUT2D eigenvalue weighted by Gasteiger charge is 2.47. The van der Waals surface area contributed by atoms with Gasteiger partial charge in [0.15, 0.2) is 9.84 Å². The molecule has 0 saturated carbocycles. The van der Waals surface area contributed by atoms with E-state index in [0.29, 0.717) is 18.7 Å². The highest BCUT2D eigenvalue weighted by Crippen LogP contribution is 2.41. The molecule has 0 amide bonds. The number of aliphatic imine (C=N–C) groups is 1. The molecule has 0 aliphatic carbocycles. The zero-order valence-electron chi connectivity index (χ0n) is 16.0. The van der Waals surface area contributed by atoms with Gasteiger partial charge >= 0.3 is 5.97 Å². The Bertz CT molecular complexity index is 974. The molecule has 0 aromatic heterocycles. The number of nitrogens with two attached hydrogens (primary N) is 1. The number of nitrogens with zero attached hydrogens (tertiary/aromatic N) is 2. The zero-order chi connectivity index (χ0) is 21.8. The number of carbonyl (C=O) groups is 1. The van der Waals surface area contributed by atoms with Gasteiger partial charge in [-0.25, -0.2) is 13.4 Å². The van der Waals surface area contributed by atoms with Gasteiger partial charge in [-0.3, -0.25) is 14.9 Å². The van der Waals surface area contributed by atoms with Crippen molar-refractivity contribution in [1.82, 2.24) is 0 Å².